The summed E-state index contributed by atoms with van der Waals surface area (Å²) in [4.78, 5) is 12.4. The van der Waals surface area contributed by atoms with Crippen LogP contribution in [0.2, 0.25) is 0 Å². The van der Waals surface area contributed by atoms with Gasteiger partial charge in [-0.3, -0.25) is 0 Å². The first kappa shape index (κ1) is 18.7. The molecule has 0 aliphatic heterocycles. The lowest BCUT2D eigenvalue weighted by Gasteiger charge is -2.14. The monoisotopic (exact) mass is 304 g/mol. The van der Waals surface area contributed by atoms with Crippen molar-refractivity contribution in [2.75, 3.05) is 0 Å². The van der Waals surface area contributed by atoms with Gasteiger partial charge in [0, 0.05) is 5.56 Å². The fraction of sp³-hybridized carbons (Fsp3) is 0.650. The number of allylic oxidation sites excluding steroid dienone is 2. The molecule has 1 aromatic rings. The van der Waals surface area contributed by atoms with Crippen LogP contribution in [0.3, 0.4) is 0 Å². The highest BCUT2D eigenvalue weighted by molar-refractivity contribution is 5.65. The average Bonchev–Trinajstić information content (AvgIpc) is 2.48. The standard InChI is InChI=1S/C20H32O2/c1-6-10-15(5)17(12-8-3)19-14-16(11-7-2)18(13-9-4)20(21)22-19/h14H,6-13H2,1-5H3/b17-15+. The van der Waals surface area contributed by atoms with Crippen LogP contribution in [0.4, 0.5) is 0 Å². The Morgan fingerprint density at radius 3 is 2.14 bits per heavy atom. The van der Waals surface area contributed by atoms with Gasteiger partial charge in [-0.25, -0.2) is 4.79 Å². The summed E-state index contributed by atoms with van der Waals surface area (Å²) >= 11 is 0. The van der Waals surface area contributed by atoms with Gasteiger partial charge in [-0.15, -0.1) is 0 Å². The maximum absolute atomic E-state index is 12.4. The molecule has 0 N–H and O–H groups in total. The predicted molar refractivity (Wildman–Crippen MR) is 95.4 cm³/mol. The van der Waals surface area contributed by atoms with Gasteiger partial charge in [0.15, 0.2) is 0 Å². The van der Waals surface area contributed by atoms with Crippen molar-refractivity contribution in [3.05, 3.63) is 38.9 Å². The third-order valence-electron chi connectivity index (χ3n) is 4.10. The second-order valence-electron chi connectivity index (χ2n) is 6.16. The van der Waals surface area contributed by atoms with Gasteiger partial charge in [0.2, 0.25) is 0 Å². The molecule has 2 heteroatoms. The molecule has 0 fully saturated rings. The van der Waals surface area contributed by atoms with E-state index in [9.17, 15) is 4.79 Å². The number of hydrogen-bond donors (Lipinski definition) is 0. The van der Waals surface area contributed by atoms with Crippen LogP contribution in [-0.2, 0) is 12.8 Å². The first-order valence-electron chi connectivity index (χ1n) is 8.93. The van der Waals surface area contributed by atoms with Gasteiger partial charge < -0.3 is 4.42 Å². The zero-order valence-electron chi connectivity index (χ0n) is 15.1. The topological polar surface area (TPSA) is 30.2 Å². The molecular formula is C20H32O2. The van der Waals surface area contributed by atoms with Gasteiger partial charge in [-0.05, 0) is 49.8 Å². The molecule has 0 bridgehead atoms. The summed E-state index contributed by atoms with van der Waals surface area (Å²) in [6.07, 6.45) is 8.05. The Balaban J connectivity index is 3.39. The highest BCUT2D eigenvalue weighted by atomic mass is 16.4. The van der Waals surface area contributed by atoms with Crippen molar-refractivity contribution in [3.63, 3.8) is 0 Å². The summed E-state index contributed by atoms with van der Waals surface area (Å²) in [5.41, 5.74) is 4.55. The smallest absolute Gasteiger partial charge is 0.339 e. The highest BCUT2D eigenvalue weighted by Crippen LogP contribution is 2.27. The van der Waals surface area contributed by atoms with Crippen LogP contribution in [0, 0.1) is 0 Å². The minimum Gasteiger partial charge on any atom is -0.423 e. The second-order valence-corrected chi connectivity index (χ2v) is 6.16. The van der Waals surface area contributed by atoms with Crippen molar-refractivity contribution in [1.29, 1.82) is 0 Å². The molecule has 0 aliphatic rings. The Bertz CT molecular complexity index is 549. The van der Waals surface area contributed by atoms with Crippen LogP contribution in [0.5, 0.6) is 0 Å². The molecule has 0 amide bonds. The lowest BCUT2D eigenvalue weighted by molar-refractivity contribution is 0.481. The third-order valence-corrected chi connectivity index (χ3v) is 4.10. The van der Waals surface area contributed by atoms with Crippen LogP contribution < -0.4 is 5.63 Å². The maximum atomic E-state index is 12.4. The van der Waals surface area contributed by atoms with E-state index in [1.54, 1.807) is 0 Å². The SMILES string of the molecule is CCC/C(C)=C(\CCC)c1cc(CCC)c(CCC)c(=O)o1. The molecule has 0 saturated carbocycles. The molecule has 124 valence electrons. The largest absolute Gasteiger partial charge is 0.423 e. The molecule has 0 saturated heterocycles. The van der Waals surface area contributed by atoms with Crippen LogP contribution in [0.1, 0.15) is 90.0 Å². The van der Waals surface area contributed by atoms with Crippen LogP contribution in [0.15, 0.2) is 20.9 Å². The molecule has 0 radical (unpaired) electrons. The second kappa shape index (κ2) is 9.66. The lowest BCUT2D eigenvalue weighted by Crippen LogP contribution is -2.13. The first-order valence-corrected chi connectivity index (χ1v) is 8.93. The molecule has 0 aliphatic carbocycles. The fourth-order valence-corrected chi connectivity index (χ4v) is 3.04. The van der Waals surface area contributed by atoms with Crippen LogP contribution in [-0.4, -0.2) is 0 Å². The van der Waals surface area contributed by atoms with Crippen molar-refractivity contribution in [1.82, 2.24) is 0 Å². The molecule has 0 atom stereocenters. The van der Waals surface area contributed by atoms with Crippen molar-refractivity contribution in [3.8, 4) is 0 Å². The van der Waals surface area contributed by atoms with Gasteiger partial charge in [-0.2, -0.15) is 0 Å². The van der Waals surface area contributed by atoms with Gasteiger partial charge in [-0.1, -0.05) is 59.0 Å². The van der Waals surface area contributed by atoms with Crippen LogP contribution in [0.25, 0.3) is 5.57 Å². The maximum Gasteiger partial charge on any atom is 0.339 e. The molecular weight excluding hydrogens is 272 g/mol. The van der Waals surface area contributed by atoms with E-state index < -0.39 is 0 Å². The summed E-state index contributed by atoms with van der Waals surface area (Å²) in [5.74, 6) is 0.807. The molecule has 2 nitrogen and oxygen atoms in total. The van der Waals surface area contributed by atoms with E-state index in [4.69, 9.17) is 4.42 Å². The molecule has 1 aromatic heterocycles. The Kier molecular flexibility index (Phi) is 8.22. The van der Waals surface area contributed by atoms with Gasteiger partial charge in [0.1, 0.15) is 5.76 Å². The van der Waals surface area contributed by atoms with Crippen molar-refractivity contribution in [2.24, 2.45) is 0 Å². The van der Waals surface area contributed by atoms with Gasteiger partial charge >= 0.3 is 5.63 Å². The summed E-state index contributed by atoms with van der Waals surface area (Å²) in [7, 11) is 0. The number of hydrogen-bond acceptors (Lipinski definition) is 2. The molecule has 22 heavy (non-hydrogen) atoms. The van der Waals surface area contributed by atoms with Crippen molar-refractivity contribution < 1.29 is 4.42 Å². The zero-order valence-corrected chi connectivity index (χ0v) is 15.1. The predicted octanol–water partition coefficient (Wildman–Crippen LogP) is 5.92. The molecule has 1 rings (SSSR count). The van der Waals surface area contributed by atoms with E-state index in [1.165, 1.54) is 16.7 Å². The zero-order chi connectivity index (χ0) is 16.5. The summed E-state index contributed by atoms with van der Waals surface area (Å²) in [6, 6.07) is 2.14. The van der Waals surface area contributed by atoms with E-state index >= 15 is 0 Å². The van der Waals surface area contributed by atoms with Gasteiger partial charge in [0.05, 0.1) is 0 Å². The average molecular weight is 304 g/mol. The molecule has 0 spiro atoms. The normalized spacial score (nSPS) is 12.4. The van der Waals surface area contributed by atoms with Crippen molar-refractivity contribution in [2.45, 2.75) is 86.0 Å². The highest BCUT2D eigenvalue weighted by Gasteiger charge is 2.14. The van der Waals surface area contributed by atoms with E-state index in [2.05, 4.69) is 40.7 Å². The summed E-state index contributed by atoms with van der Waals surface area (Å²) in [6.45, 7) is 10.8. The Morgan fingerprint density at radius 2 is 1.59 bits per heavy atom. The quantitative estimate of drug-likeness (QED) is 0.567. The van der Waals surface area contributed by atoms with Gasteiger partial charge in [0.25, 0.3) is 0 Å². The summed E-state index contributed by atoms with van der Waals surface area (Å²) in [5, 5.41) is 0. The summed E-state index contributed by atoms with van der Waals surface area (Å²) < 4.78 is 5.72. The Hall–Kier alpha value is -1.31. The Labute approximate surface area is 135 Å². The van der Waals surface area contributed by atoms with E-state index in [0.717, 1.165) is 62.7 Å². The van der Waals surface area contributed by atoms with Crippen LogP contribution >= 0.6 is 0 Å². The minimum atomic E-state index is -0.124. The first-order chi connectivity index (χ1) is 10.6. The molecule has 1 heterocycles. The lowest BCUT2D eigenvalue weighted by atomic mass is 9.95. The molecule has 0 aromatic carbocycles. The number of rotatable bonds is 9. The van der Waals surface area contributed by atoms with E-state index in [1.807, 2.05) is 0 Å². The number of aryl methyl sites for hydroxylation is 1. The molecule has 0 unspecified atom stereocenters. The third kappa shape index (κ3) is 4.86. The minimum absolute atomic E-state index is 0.124. The fourth-order valence-electron chi connectivity index (χ4n) is 3.04. The van der Waals surface area contributed by atoms with Crippen molar-refractivity contribution >= 4 is 5.57 Å². The van der Waals surface area contributed by atoms with E-state index in [-0.39, 0.29) is 5.63 Å². The Morgan fingerprint density at radius 1 is 0.955 bits per heavy atom. The van der Waals surface area contributed by atoms with E-state index in [0.29, 0.717) is 0 Å².